The molecule has 0 aliphatic carbocycles. The number of hydrogen-bond acceptors (Lipinski definition) is 7. The van der Waals surface area contributed by atoms with Gasteiger partial charge in [0.1, 0.15) is 0 Å². The van der Waals surface area contributed by atoms with Gasteiger partial charge in [-0.2, -0.15) is 0 Å². The lowest BCUT2D eigenvalue weighted by Crippen LogP contribution is -2.37. The van der Waals surface area contributed by atoms with Crippen molar-refractivity contribution >= 4 is 22.9 Å². The number of imidazole rings is 1. The third-order valence-corrected chi connectivity index (χ3v) is 5.54. The second-order valence-corrected chi connectivity index (χ2v) is 7.73. The number of aromatic hydroxyl groups is 1. The van der Waals surface area contributed by atoms with Crippen molar-refractivity contribution in [3.8, 4) is 17.1 Å². The molecule has 0 bridgehead atoms. The number of benzene rings is 1. The van der Waals surface area contributed by atoms with E-state index in [1.54, 1.807) is 19.4 Å². The number of nitrogens with one attached hydrogen (secondary N) is 1. The zero-order valence-electron chi connectivity index (χ0n) is 18.1. The van der Waals surface area contributed by atoms with E-state index in [0.717, 1.165) is 19.3 Å². The average Bonchev–Trinajstić information content (AvgIpc) is 3.23. The van der Waals surface area contributed by atoms with Crippen LogP contribution >= 0.6 is 0 Å². The van der Waals surface area contributed by atoms with Crippen LogP contribution in [0.25, 0.3) is 22.6 Å². The predicted octanol–water partition coefficient (Wildman–Crippen LogP) is 2.48. The summed E-state index contributed by atoms with van der Waals surface area (Å²) in [7, 11) is 1.64. The van der Waals surface area contributed by atoms with Crippen LogP contribution in [0.15, 0.2) is 24.5 Å². The number of halogens is 1. The third-order valence-electron chi connectivity index (χ3n) is 5.54. The van der Waals surface area contributed by atoms with Crippen molar-refractivity contribution < 1.29 is 19.0 Å². The third kappa shape index (κ3) is 4.80. The number of anilines is 1. The van der Waals surface area contributed by atoms with Crippen molar-refractivity contribution in [2.75, 3.05) is 38.3 Å². The number of rotatable bonds is 8. The molecule has 1 aliphatic rings. The Labute approximate surface area is 185 Å². The maximum atomic E-state index is 13.6. The Hall–Kier alpha value is -3.27. The van der Waals surface area contributed by atoms with Crippen LogP contribution in [0.3, 0.4) is 0 Å². The first-order valence-corrected chi connectivity index (χ1v) is 10.8. The van der Waals surface area contributed by atoms with Crippen molar-refractivity contribution in [3.05, 3.63) is 30.3 Å². The quantitative estimate of drug-likeness (QED) is 0.516. The van der Waals surface area contributed by atoms with Gasteiger partial charge < -0.3 is 24.6 Å². The van der Waals surface area contributed by atoms with Crippen LogP contribution in [-0.2, 0) is 16.1 Å². The summed E-state index contributed by atoms with van der Waals surface area (Å²) in [5.41, 5.74) is 1.91. The Morgan fingerprint density at radius 2 is 2.03 bits per heavy atom. The molecule has 1 fully saturated rings. The summed E-state index contributed by atoms with van der Waals surface area (Å²) in [6.45, 7) is 3.28. The van der Waals surface area contributed by atoms with E-state index in [-0.39, 0.29) is 5.91 Å². The lowest BCUT2D eigenvalue weighted by atomic mass is 10.2. The minimum atomic E-state index is -0.690. The fourth-order valence-electron chi connectivity index (χ4n) is 3.74. The highest BCUT2D eigenvalue weighted by atomic mass is 19.1. The van der Waals surface area contributed by atoms with Gasteiger partial charge in [-0.25, -0.2) is 19.3 Å². The number of phenolic OH excluding ortho intramolecular Hbond substituents is 1. The SMILES string of the molecule is CNC(=O)CCCCCn1cnc2c(N3CCOCC3)nc(-c3ccc(F)c(O)c3)nc21. The molecule has 1 amide bonds. The van der Waals surface area contributed by atoms with E-state index < -0.39 is 11.6 Å². The highest BCUT2D eigenvalue weighted by Gasteiger charge is 2.21. The molecule has 170 valence electrons. The number of carbonyl (C=O) groups excluding carboxylic acids is 1. The summed E-state index contributed by atoms with van der Waals surface area (Å²) in [4.78, 5) is 27.5. The van der Waals surface area contributed by atoms with Crippen LogP contribution < -0.4 is 10.2 Å². The van der Waals surface area contributed by atoms with Gasteiger partial charge in [0.2, 0.25) is 5.91 Å². The van der Waals surface area contributed by atoms with Crippen molar-refractivity contribution in [1.29, 1.82) is 0 Å². The summed E-state index contributed by atoms with van der Waals surface area (Å²) >= 11 is 0. The summed E-state index contributed by atoms with van der Waals surface area (Å²) < 4.78 is 21.0. The molecular weight excluding hydrogens is 415 g/mol. The minimum absolute atomic E-state index is 0.0492. The van der Waals surface area contributed by atoms with E-state index in [9.17, 15) is 14.3 Å². The number of fused-ring (bicyclic) bond motifs is 1. The topological polar surface area (TPSA) is 105 Å². The van der Waals surface area contributed by atoms with Crippen LogP contribution in [0.4, 0.5) is 10.2 Å². The van der Waals surface area contributed by atoms with Crippen LogP contribution in [0.2, 0.25) is 0 Å². The Kier molecular flexibility index (Phi) is 6.79. The van der Waals surface area contributed by atoms with Gasteiger partial charge in [0.15, 0.2) is 34.4 Å². The summed E-state index contributed by atoms with van der Waals surface area (Å²) in [6, 6.07) is 4.09. The van der Waals surface area contributed by atoms with Gasteiger partial charge >= 0.3 is 0 Å². The van der Waals surface area contributed by atoms with E-state index >= 15 is 0 Å². The first kappa shape index (κ1) is 21.9. The molecule has 2 aromatic heterocycles. The van der Waals surface area contributed by atoms with E-state index in [1.165, 1.54) is 12.1 Å². The molecule has 1 saturated heterocycles. The van der Waals surface area contributed by atoms with Gasteiger partial charge in [0, 0.05) is 38.7 Å². The average molecular weight is 442 g/mol. The predicted molar refractivity (Wildman–Crippen MR) is 118 cm³/mol. The number of hydrogen-bond donors (Lipinski definition) is 2. The Morgan fingerprint density at radius 1 is 1.22 bits per heavy atom. The fourth-order valence-corrected chi connectivity index (χ4v) is 3.74. The smallest absolute Gasteiger partial charge is 0.219 e. The molecule has 3 heterocycles. The number of carbonyl (C=O) groups is 1. The Bertz CT molecular complexity index is 1100. The molecule has 1 aliphatic heterocycles. The second-order valence-electron chi connectivity index (χ2n) is 7.73. The molecule has 2 N–H and O–H groups in total. The van der Waals surface area contributed by atoms with E-state index in [4.69, 9.17) is 14.7 Å². The van der Waals surface area contributed by atoms with Gasteiger partial charge in [-0.3, -0.25) is 4.79 Å². The minimum Gasteiger partial charge on any atom is -0.505 e. The number of morpholine rings is 1. The largest absolute Gasteiger partial charge is 0.505 e. The lowest BCUT2D eigenvalue weighted by molar-refractivity contribution is -0.120. The Balaban J connectivity index is 1.64. The summed E-state index contributed by atoms with van der Waals surface area (Å²) in [5, 5.41) is 12.5. The van der Waals surface area contributed by atoms with Crippen LogP contribution in [-0.4, -0.2) is 63.9 Å². The normalized spacial score (nSPS) is 14.1. The Morgan fingerprint density at radius 3 is 2.78 bits per heavy atom. The first-order valence-electron chi connectivity index (χ1n) is 10.8. The fraction of sp³-hybridized carbons (Fsp3) is 0.455. The highest BCUT2D eigenvalue weighted by molar-refractivity contribution is 5.86. The van der Waals surface area contributed by atoms with Crippen LogP contribution in [0.5, 0.6) is 5.75 Å². The number of amides is 1. The van der Waals surface area contributed by atoms with Crippen molar-refractivity contribution in [2.24, 2.45) is 0 Å². The zero-order valence-corrected chi connectivity index (χ0v) is 18.1. The second kappa shape index (κ2) is 9.90. The molecule has 3 aromatic rings. The van der Waals surface area contributed by atoms with E-state index in [2.05, 4.69) is 15.2 Å². The maximum absolute atomic E-state index is 13.6. The first-order chi connectivity index (χ1) is 15.6. The highest BCUT2D eigenvalue weighted by Crippen LogP contribution is 2.29. The van der Waals surface area contributed by atoms with Gasteiger partial charge in [-0.15, -0.1) is 0 Å². The van der Waals surface area contributed by atoms with Crippen molar-refractivity contribution in [2.45, 2.75) is 32.2 Å². The van der Waals surface area contributed by atoms with Gasteiger partial charge in [0.25, 0.3) is 0 Å². The standard InChI is InChI=1S/C22H27FN6O3/c1-24-18(31)5-3-2-4-8-29-14-25-19-21(28-9-11-32-12-10-28)26-20(27-22(19)29)15-6-7-16(23)17(30)13-15/h6-7,13-14,30H,2-5,8-12H2,1H3,(H,24,31). The molecule has 0 radical (unpaired) electrons. The van der Waals surface area contributed by atoms with Gasteiger partial charge in [0.05, 0.1) is 19.5 Å². The molecule has 9 nitrogen and oxygen atoms in total. The molecule has 0 spiro atoms. The number of aryl methyl sites for hydroxylation is 1. The van der Waals surface area contributed by atoms with Crippen LogP contribution in [0, 0.1) is 5.82 Å². The van der Waals surface area contributed by atoms with Crippen LogP contribution in [0.1, 0.15) is 25.7 Å². The monoisotopic (exact) mass is 442 g/mol. The summed E-state index contributed by atoms with van der Waals surface area (Å²) in [5.74, 6) is 0.0214. The van der Waals surface area contributed by atoms with Crippen molar-refractivity contribution in [1.82, 2.24) is 24.8 Å². The van der Waals surface area contributed by atoms with Gasteiger partial charge in [-0.1, -0.05) is 6.42 Å². The molecule has 1 aromatic carbocycles. The number of unbranched alkanes of at least 4 members (excludes halogenated alkanes) is 2. The lowest BCUT2D eigenvalue weighted by Gasteiger charge is -2.28. The number of phenols is 1. The molecule has 4 rings (SSSR count). The number of aromatic nitrogens is 4. The molecule has 0 saturated carbocycles. The molecule has 0 unspecified atom stereocenters. The summed E-state index contributed by atoms with van der Waals surface area (Å²) in [6.07, 6.45) is 4.89. The molecular formula is C22H27FN6O3. The van der Waals surface area contributed by atoms with E-state index in [0.29, 0.717) is 67.6 Å². The number of nitrogens with zero attached hydrogens (tertiary/aromatic N) is 5. The van der Waals surface area contributed by atoms with Crippen molar-refractivity contribution in [3.63, 3.8) is 0 Å². The van der Waals surface area contributed by atoms with E-state index in [1.807, 2.05) is 4.57 Å². The maximum Gasteiger partial charge on any atom is 0.219 e. The molecule has 10 heteroatoms. The molecule has 32 heavy (non-hydrogen) atoms. The number of ether oxygens (including phenoxy) is 1. The van der Waals surface area contributed by atoms with Gasteiger partial charge in [-0.05, 0) is 31.0 Å². The molecule has 0 atom stereocenters. The zero-order chi connectivity index (χ0) is 22.5.